The first kappa shape index (κ1) is 14.7. The molecular formula is C17H26N2O2. The molecule has 1 aromatic rings. The van der Waals surface area contributed by atoms with E-state index in [-0.39, 0.29) is 0 Å². The van der Waals surface area contributed by atoms with E-state index < -0.39 is 0 Å². The summed E-state index contributed by atoms with van der Waals surface area (Å²) in [5.41, 5.74) is 4.98. The number of nitrogens with one attached hydrogen (secondary N) is 1. The van der Waals surface area contributed by atoms with E-state index in [9.17, 15) is 0 Å². The molecule has 116 valence electrons. The molecule has 2 aliphatic rings. The van der Waals surface area contributed by atoms with Gasteiger partial charge in [0.25, 0.3) is 0 Å². The number of hydrazine groups is 1. The van der Waals surface area contributed by atoms with Gasteiger partial charge in [-0.25, -0.2) is 10.4 Å². The summed E-state index contributed by atoms with van der Waals surface area (Å²) >= 11 is 0. The van der Waals surface area contributed by atoms with Crippen LogP contribution < -0.4 is 14.9 Å². The molecule has 1 fully saturated rings. The Morgan fingerprint density at radius 3 is 2.67 bits per heavy atom. The van der Waals surface area contributed by atoms with Gasteiger partial charge < -0.3 is 9.47 Å². The molecular weight excluding hydrogens is 264 g/mol. The number of fused-ring (bicyclic) bond motifs is 1. The predicted octanol–water partition coefficient (Wildman–Crippen LogP) is 3.29. The van der Waals surface area contributed by atoms with Crippen molar-refractivity contribution in [3.05, 3.63) is 23.8 Å². The second-order valence-electron chi connectivity index (χ2n) is 6.26. The van der Waals surface area contributed by atoms with Crippen LogP contribution in [0.15, 0.2) is 18.2 Å². The standard InChI is InChI=1S/C17H26N2O2/c1-12-5-4-6-13(2)19(12)18-16-9-10-21-17-8-7-14(20-3)11-15(16)17/h7-8,11-13,16,18H,4-6,9-10H2,1-3H3. The maximum absolute atomic E-state index is 5.78. The van der Waals surface area contributed by atoms with Crippen LogP contribution in [0.1, 0.15) is 51.1 Å². The largest absolute Gasteiger partial charge is 0.497 e. The maximum atomic E-state index is 5.78. The summed E-state index contributed by atoms with van der Waals surface area (Å²) in [6.45, 7) is 5.40. The summed E-state index contributed by atoms with van der Waals surface area (Å²) in [6.07, 6.45) is 4.87. The molecule has 0 bridgehead atoms. The Kier molecular flexibility index (Phi) is 4.36. The van der Waals surface area contributed by atoms with Crippen molar-refractivity contribution < 1.29 is 9.47 Å². The lowest BCUT2D eigenvalue weighted by atomic mass is 9.98. The topological polar surface area (TPSA) is 33.7 Å². The molecule has 0 saturated carbocycles. The van der Waals surface area contributed by atoms with E-state index in [0.717, 1.165) is 24.5 Å². The third-order valence-corrected chi connectivity index (χ3v) is 4.75. The Balaban J connectivity index is 1.81. The van der Waals surface area contributed by atoms with Gasteiger partial charge in [0.2, 0.25) is 0 Å². The second kappa shape index (κ2) is 6.24. The number of benzene rings is 1. The smallest absolute Gasteiger partial charge is 0.124 e. The first-order valence-electron chi connectivity index (χ1n) is 8.04. The van der Waals surface area contributed by atoms with Crippen molar-refractivity contribution in [2.24, 2.45) is 0 Å². The van der Waals surface area contributed by atoms with E-state index in [0.29, 0.717) is 18.1 Å². The van der Waals surface area contributed by atoms with Gasteiger partial charge in [0.15, 0.2) is 0 Å². The van der Waals surface area contributed by atoms with E-state index in [1.54, 1.807) is 7.11 Å². The molecule has 4 heteroatoms. The van der Waals surface area contributed by atoms with Gasteiger partial charge >= 0.3 is 0 Å². The average molecular weight is 290 g/mol. The highest BCUT2D eigenvalue weighted by Crippen LogP contribution is 2.36. The molecule has 0 aromatic heterocycles. The molecule has 3 unspecified atom stereocenters. The van der Waals surface area contributed by atoms with E-state index >= 15 is 0 Å². The number of methoxy groups -OCH3 is 1. The molecule has 2 heterocycles. The number of nitrogens with zero attached hydrogens (tertiary/aromatic N) is 1. The Morgan fingerprint density at radius 1 is 1.19 bits per heavy atom. The lowest BCUT2D eigenvalue weighted by Gasteiger charge is -2.42. The molecule has 3 atom stereocenters. The molecule has 2 aliphatic heterocycles. The third-order valence-electron chi connectivity index (χ3n) is 4.75. The normalized spacial score (nSPS) is 29.6. The van der Waals surface area contributed by atoms with Crippen molar-refractivity contribution in [3.8, 4) is 11.5 Å². The molecule has 1 N–H and O–H groups in total. The van der Waals surface area contributed by atoms with Crippen molar-refractivity contribution in [3.63, 3.8) is 0 Å². The highest BCUT2D eigenvalue weighted by atomic mass is 16.5. The highest BCUT2D eigenvalue weighted by Gasteiger charge is 2.30. The van der Waals surface area contributed by atoms with Crippen molar-refractivity contribution in [2.45, 2.75) is 57.7 Å². The lowest BCUT2D eigenvalue weighted by molar-refractivity contribution is 0.0216. The summed E-state index contributed by atoms with van der Waals surface area (Å²) in [7, 11) is 1.71. The summed E-state index contributed by atoms with van der Waals surface area (Å²) in [6, 6.07) is 7.58. The summed E-state index contributed by atoms with van der Waals surface area (Å²) < 4.78 is 11.1. The van der Waals surface area contributed by atoms with Crippen LogP contribution in [0.3, 0.4) is 0 Å². The average Bonchev–Trinajstić information content (AvgIpc) is 2.50. The number of ether oxygens (including phenoxy) is 2. The molecule has 0 amide bonds. The molecule has 0 radical (unpaired) electrons. The summed E-state index contributed by atoms with van der Waals surface area (Å²) in [5.74, 6) is 1.88. The van der Waals surface area contributed by atoms with E-state index in [2.05, 4.69) is 30.3 Å². The third kappa shape index (κ3) is 3.01. The minimum atomic E-state index is 0.312. The van der Waals surface area contributed by atoms with Crippen molar-refractivity contribution in [1.82, 2.24) is 10.4 Å². The number of hydrogen-bond donors (Lipinski definition) is 1. The van der Waals surface area contributed by atoms with Crippen LogP contribution >= 0.6 is 0 Å². The van der Waals surface area contributed by atoms with Gasteiger partial charge in [0.05, 0.1) is 19.8 Å². The molecule has 21 heavy (non-hydrogen) atoms. The van der Waals surface area contributed by atoms with Gasteiger partial charge in [-0.1, -0.05) is 6.42 Å². The minimum Gasteiger partial charge on any atom is -0.497 e. The van der Waals surface area contributed by atoms with Crippen LogP contribution in [-0.2, 0) is 0 Å². The van der Waals surface area contributed by atoms with Crippen LogP contribution in [-0.4, -0.2) is 30.8 Å². The van der Waals surface area contributed by atoms with Crippen LogP contribution in [0, 0.1) is 0 Å². The number of hydrogen-bond acceptors (Lipinski definition) is 4. The van der Waals surface area contributed by atoms with Crippen molar-refractivity contribution in [2.75, 3.05) is 13.7 Å². The van der Waals surface area contributed by atoms with Crippen LogP contribution in [0.2, 0.25) is 0 Å². The van der Waals surface area contributed by atoms with Gasteiger partial charge in [-0.3, -0.25) is 0 Å². The monoisotopic (exact) mass is 290 g/mol. The van der Waals surface area contributed by atoms with Crippen molar-refractivity contribution in [1.29, 1.82) is 0 Å². The Labute approximate surface area is 127 Å². The van der Waals surface area contributed by atoms with Gasteiger partial charge in [-0.05, 0) is 44.9 Å². The van der Waals surface area contributed by atoms with Gasteiger partial charge in [-0.2, -0.15) is 0 Å². The molecule has 3 rings (SSSR count). The SMILES string of the molecule is COc1ccc2c(c1)C(NN1C(C)CCCC1C)CCO2. The molecule has 4 nitrogen and oxygen atoms in total. The van der Waals surface area contributed by atoms with Crippen LogP contribution in [0.25, 0.3) is 0 Å². The zero-order chi connectivity index (χ0) is 14.8. The first-order chi connectivity index (χ1) is 10.2. The highest BCUT2D eigenvalue weighted by molar-refractivity contribution is 5.43. The minimum absolute atomic E-state index is 0.312. The molecule has 0 aliphatic carbocycles. The fraction of sp³-hybridized carbons (Fsp3) is 0.647. The Hall–Kier alpha value is -1.26. The number of rotatable bonds is 3. The number of piperidine rings is 1. The molecule has 1 saturated heterocycles. The van der Waals surface area contributed by atoms with E-state index in [1.165, 1.54) is 24.8 Å². The zero-order valence-electron chi connectivity index (χ0n) is 13.3. The first-order valence-corrected chi connectivity index (χ1v) is 8.04. The predicted molar refractivity (Wildman–Crippen MR) is 83.6 cm³/mol. The molecule has 1 aromatic carbocycles. The van der Waals surface area contributed by atoms with Gasteiger partial charge in [0, 0.05) is 24.1 Å². The summed E-state index contributed by atoms with van der Waals surface area (Å²) in [4.78, 5) is 0. The fourth-order valence-electron chi connectivity index (χ4n) is 3.49. The Bertz CT molecular complexity index is 482. The quantitative estimate of drug-likeness (QED) is 0.926. The van der Waals surface area contributed by atoms with Gasteiger partial charge in [0.1, 0.15) is 11.5 Å². The maximum Gasteiger partial charge on any atom is 0.124 e. The lowest BCUT2D eigenvalue weighted by Crippen LogP contribution is -2.53. The molecule has 0 spiro atoms. The van der Waals surface area contributed by atoms with Gasteiger partial charge in [-0.15, -0.1) is 0 Å². The second-order valence-corrected chi connectivity index (χ2v) is 6.26. The van der Waals surface area contributed by atoms with E-state index in [1.807, 2.05) is 12.1 Å². The fourth-order valence-corrected chi connectivity index (χ4v) is 3.49. The van der Waals surface area contributed by atoms with Crippen molar-refractivity contribution >= 4 is 0 Å². The summed E-state index contributed by atoms with van der Waals surface area (Å²) in [5, 5.41) is 2.45. The van der Waals surface area contributed by atoms with Crippen LogP contribution in [0.5, 0.6) is 11.5 Å². The zero-order valence-corrected chi connectivity index (χ0v) is 13.3. The van der Waals surface area contributed by atoms with Crippen LogP contribution in [0.4, 0.5) is 0 Å². The van der Waals surface area contributed by atoms with E-state index in [4.69, 9.17) is 9.47 Å². The Morgan fingerprint density at radius 2 is 1.95 bits per heavy atom.